The van der Waals surface area contributed by atoms with Gasteiger partial charge in [0.15, 0.2) is 5.00 Å². The van der Waals surface area contributed by atoms with Crippen LogP contribution in [0.5, 0.6) is 0 Å². The molecule has 0 bridgehead atoms. The zero-order chi connectivity index (χ0) is 26.9. The second-order valence-corrected chi connectivity index (χ2v) is 8.45. The molecular weight excluding hydrogens is 504 g/mol. The van der Waals surface area contributed by atoms with Crippen molar-refractivity contribution < 1.29 is 28.8 Å². The van der Waals surface area contributed by atoms with Crippen LogP contribution >= 0.6 is 11.5 Å². The van der Waals surface area contributed by atoms with Gasteiger partial charge in [-0.25, -0.2) is 0 Å². The largest absolute Gasteiger partial charge is 0.464 e. The molecule has 0 radical (unpaired) electrons. The number of azo groups is 1. The molecule has 13 nitrogen and oxygen atoms in total. The molecule has 1 aromatic heterocycles. The lowest BCUT2D eigenvalue weighted by molar-refractivity contribution is -0.384. The molecule has 1 N–H and O–H groups in total. The number of esters is 2. The van der Waals surface area contributed by atoms with Crippen molar-refractivity contribution in [2.24, 2.45) is 10.2 Å². The summed E-state index contributed by atoms with van der Waals surface area (Å²) in [5.41, 5.74) is 1.77. The Labute approximate surface area is 215 Å². The van der Waals surface area contributed by atoms with E-state index < -0.39 is 16.9 Å². The molecule has 0 aliphatic carbocycles. The van der Waals surface area contributed by atoms with E-state index in [0.717, 1.165) is 11.5 Å². The number of carbonyl (C=O) groups excluding carboxylic acids is 3. The Balaban J connectivity index is 1.89. The molecule has 0 saturated carbocycles. The average molecular weight is 529 g/mol. The van der Waals surface area contributed by atoms with Crippen molar-refractivity contribution in [1.82, 2.24) is 4.37 Å². The van der Waals surface area contributed by atoms with Gasteiger partial charge < -0.3 is 19.7 Å². The predicted molar refractivity (Wildman–Crippen MR) is 137 cm³/mol. The number of aromatic nitrogens is 1. The van der Waals surface area contributed by atoms with Crippen LogP contribution in [-0.4, -0.2) is 53.4 Å². The number of fused-ring (bicyclic) bond motifs is 1. The zero-order valence-corrected chi connectivity index (χ0v) is 21.1. The minimum atomic E-state index is -0.497. The molecule has 1 amide bonds. The molecule has 14 heteroatoms. The Morgan fingerprint density at radius 1 is 1.03 bits per heavy atom. The van der Waals surface area contributed by atoms with Crippen molar-refractivity contribution >= 4 is 68.0 Å². The fraction of sp³-hybridized carbons (Fsp3) is 0.304. The predicted octanol–water partition coefficient (Wildman–Crippen LogP) is 4.51. The standard InChI is InChI=1S/C23H24N6O7S/c1-14(30)24-22-12-17(28(8-10-35-15(2)31)9-11-36-16(3)32)5-7-20(22)25-26-23-19-6-4-18(29(33)34)13-21(19)27-37-23/h4-7,12-13H,8-11H2,1-3H3,(H,24,30). The fourth-order valence-electron chi connectivity index (χ4n) is 3.27. The maximum Gasteiger partial charge on any atom is 0.302 e. The molecule has 3 rings (SSSR count). The van der Waals surface area contributed by atoms with Crippen LogP contribution in [0.15, 0.2) is 46.6 Å². The molecule has 0 fully saturated rings. The highest BCUT2D eigenvalue weighted by Crippen LogP contribution is 2.36. The highest BCUT2D eigenvalue weighted by Gasteiger charge is 2.14. The highest BCUT2D eigenvalue weighted by molar-refractivity contribution is 7.11. The first-order valence-electron chi connectivity index (χ1n) is 11.0. The number of anilines is 2. The summed E-state index contributed by atoms with van der Waals surface area (Å²) in [6.45, 7) is 4.85. The lowest BCUT2D eigenvalue weighted by Crippen LogP contribution is -2.32. The van der Waals surface area contributed by atoms with Crippen LogP contribution in [0.2, 0.25) is 0 Å². The quantitative estimate of drug-likeness (QED) is 0.163. The van der Waals surface area contributed by atoms with E-state index in [4.69, 9.17) is 9.47 Å². The van der Waals surface area contributed by atoms with Crippen molar-refractivity contribution in [1.29, 1.82) is 0 Å². The first-order valence-corrected chi connectivity index (χ1v) is 11.8. The van der Waals surface area contributed by atoms with Crippen molar-refractivity contribution in [2.75, 3.05) is 36.5 Å². The number of carbonyl (C=O) groups is 3. The van der Waals surface area contributed by atoms with E-state index in [1.165, 1.54) is 32.9 Å². The van der Waals surface area contributed by atoms with Crippen LogP contribution in [0.3, 0.4) is 0 Å². The Kier molecular flexibility index (Phi) is 9.16. The van der Waals surface area contributed by atoms with Gasteiger partial charge in [-0.2, -0.15) is 4.37 Å². The van der Waals surface area contributed by atoms with Gasteiger partial charge in [0.1, 0.15) is 18.9 Å². The van der Waals surface area contributed by atoms with E-state index in [1.54, 1.807) is 24.3 Å². The number of nitrogens with zero attached hydrogens (tertiary/aromatic N) is 5. The van der Waals surface area contributed by atoms with Crippen LogP contribution in [0.25, 0.3) is 10.9 Å². The van der Waals surface area contributed by atoms with Crippen LogP contribution in [0, 0.1) is 10.1 Å². The molecule has 37 heavy (non-hydrogen) atoms. The molecular formula is C23H24N6O7S. The van der Waals surface area contributed by atoms with E-state index in [-0.39, 0.29) is 24.8 Å². The van der Waals surface area contributed by atoms with E-state index >= 15 is 0 Å². The molecule has 0 unspecified atom stereocenters. The van der Waals surface area contributed by atoms with Gasteiger partial charge in [0.2, 0.25) is 5.91 Å². The van der Waals surface area contributed by atoms with E-state index in [1.807, 2.05) is 4.90 Å². The average Bonchev–Trinajstić information content (AvgIpc) is 3.23. The minimum Gasteiger partial charge on any atom is -0.464 e. The summed E-state index contributed by atoms with van der Waals surface area (Å²) in [4.78, 5) is 46.5. The number of nitro benzene ring substituents is 1. The van der Waals surface area contributed by atoms with Gasteiger partial charge in [-0.1, -0.05) is 0 Å². The Morgan fingerprint density at radius 2 is 1.70 bits per heavy atom. The van der Waals surface area contributed by atoms with Crippen molar-refractivity contribution in [2.45, 2.75) is 20.8 Å². The van der Waals surface area contributed by atoms with Gasteiger partial charge in [-0.15, -0.1) is 10.2 Å². The number of nitro groups is 1. The Morgan fingerprint density at radius 3 is 2.30 bits per heavy atom. The van der Waals surface area contributed by atoms with Crippen LogP contribution in [0.4, 0.5) is 27.8 Å². The van der Waals surface area contributed by atoms with E-state index in [0.29, 0.717) is 46.1 Å². The van der Waals surface area contributed by atoms with Gasteiger partial charge in [0, 0.05) is 44.0 Å². The third-order valence-electron chi connectivity index (χ3n) is 4.89. The number of hydrogen-bond donors (Lipinski definition) is 1. The monoisotopic (exact) mass is 528 g/mol. The number of rotatable bonds is 11. The first kappa shape index (κ1) is 27.1. The molecule has 2 aromatic carbocycles. The van der Waals surface area contributed by atoms with Crippen molar-refractivity contribution in [3.63, 3.8) is 0 Å². The maximum absolute atomic E-state index is 11.9. The van der Waals surface area contributed by atoms with Gasteiger partial charge in [-0.05, 0) is 35.8 Å². The molecule has 0 aliphatic rings. The van der Waals surface area contributed by atoms with Crippen molar-refractivity contribution in [3.05, 3.63) is 46.5 Å². The molecule has 0 spiro atoms. The first-order chi connectivity index (χ1) is 17.6. The van der Waals surface area contributed by atoms with Gasteiger partial charge in [0.25, 0.3) is 5.69 Å². The van der Waals surface area contributed by atoms with Crippen molar-refractivity contribution in [3.8, 4) is 0 Å². The van der Waals surface area contributed by atoms with E-state index in [9.17, 15) is 24.5 Å². The fourth-order valence-corrected chi connectivity index (χ4v) is 3.95. The summed E-state index contributed by atoms with van der Waals surface area (Å²) in [5.74, 6) is -1.16. The summed E-state index contributed by atoms with van der Waals surface area (Å²) in [7, 11) is 0. The van der Waals surface area contributed by atoms with Gasteiger partial charge in [0.05, 0.1) is 29.2 Å². The van der Waals surface area contributed by atoms with Gasteiger partial charge in [-0.3, -0.25) is 24.5 Å². The molecule has 0 saturated heterocycles. The second-order valence-electron chi connectivity index (χ2n) is 7.70. The Bertz CT molecular complexity index is 1340. The van der Waals surface area contributed by atoms with Crippen LogP contribution < -0.4 is 10.2 Å². The molecule has 3 aromatic rings. The van der Waals surface area contributed by atoms with E-state index in [2.05, 4.69) is 19.9 Å². The number of hydrogen-bond acceptors (Lipinski definition) is 12. The van der Waals surface area contributed by atoms with Crippen LogP contribution in [0.1, 0.15) is 20.8 Å². The third kappa shape index (κ3) is 7.76. The lowest BCUT2D eigenvalue weighted by Gasteiger charge is -2.25. The summed E-state index contributed by atoms with van der Waals surface area (Å²) < 4.78 is 14.3. The Hall–Kier alpha value is -4.46. The smallest absolute Gasteiger partial charge is 0.302 e. The summed E-state index contributed by atoms with van der Waals surface area (Å²) in [5, 5.41) is 23.3. The molecule has 194 valence electrons. The number of ether oxygens (including phenoxy) is 2. The summed E-state index contributed by atoms with van der Waals surface area (Å²) >= 11 is 1.04. The normalized spacial score (nSPS) is 10.9. The second kappa shape index (κ2) is 12.5. The highest BCUT2D eigenvalue weighted by atomic mass is 32.1. The molecule has 1 heterocycles. The third-order valence-corrected chi connectivity index (χ3v) is 5.65. The van der Waals surface area contributed by atoms with Crippen LogP contribution in [-0.2, 0) is 23.9 Å². The number of amides is 1. The SMILES string of the molecule is CC(=O)Nc1cc(N(CCOC(C)=O)CCOC(C)=O)ccc1N=Nc1snc2cc([N+](=O)[O-])ccc12. The minimum absolute atomic E-state index is 0.0724. The number of nitrogens with one attached hydrogen (secondary N) is 1. The molecule has 0 atom stereocenters. The summed E-state index contributed by atoms with van der Waals surface area (Å²) in [6.07, 6.45) is 0. The lowest BCUT2D eigenvalue weighted by atomic mass is 10.2. The topological polar surface area (TPSA) is 166 Å². The van der Waals surface area contributed by atoms with Gasteiger partial charge >= 0.3 is 11.9 Å². The maximum atomic E-state index is 11.9. The molecule has 0 aliphatic heterocycles. The number of non-ortho nitro benzene ring substituents is 1. The summed E-state index contributed by atoms with van der Waals surface area (Å²) in [6, 6.07) is 9.38. The zero-order valence-electron chi connectivity index (χ0n) is 20.3. The number of benzene rings is 2.